The van der Waals surface area contributed by atoms with Gasteiger partial charge in [0.1, 0.15) is 5.75 Å². The second-order valence-electron chi connectivity index (χ2n) is 3.99. The first kappa shape index (κ1) is 12.6. The average Bonchev–Trinajstić information content (AvgIpc) is 2.27. The van der Waals surface area contributed by atoms with Crippen LogP contribution in [0.5, 0.6) is 5.75 Å². The highest BCUT2D eigenvalue weighted by Gasteiger charge is 2.02. The first-order valence-electron chi connectivity index (χ1n) is 5.47. The number of hydrogen-bond acceptors (Lipinski definition) is 2. The van der Waals surface area contributed by atoms with E-state index in [0.717, 1.165) is 24.3 Å². The Bertz CT molecular complexity index is 379. The molecule has 1 aromatic carbocycles. The molecule has 16 heavy (non-hydrogen) atoms. The fourth-order valence-electron chi connectivity index (χ4n) is 1.59. The molecule has 0 aliphatic carbocycles. The molecule has 0 aromatic heterocycles. The second kappa shape index (κ2) is 6.19. The van der Waals surface area contributed by atoms with Crippen LogP contribution in [0.25, 0.3) is 0 Å². The van der Waals surface area contributed by atoms with E-state index >= 15 is 0 Å². The Balaban J connectivity index is 2.55. The van der Waals surface area contributed by atoms with Gasteiger partial charge < -0.3 is 10.1 Å². The summed E-state index contributed by atoms with van der Waals surface area (Å²) in [6.07, 6.45) is 6.01. The maximum absolute atomic E-state index is 5.25. The van der Waals surface area contributed by atoms with Gasteiger partial charge in [-0.15, -0.1) is 12.3 Å². The summed E-state index contributed by atoms with van der Waals surface area (Å²) in [5, 5.41) is 3.38. The summed E-state index contributed by atoms with van der Waals surface area (Å²) in [7, 11) is 1.69. The van der Waals surface area contributed by atoms with Gasteiger partial charge in [0, 0.05) is 19.0 Å². The number of nitrogens with one attached hydrogen (secondary N) is 1. The van der Waals surface area contributed by atoms with Crippen LogP contribution >= 0.6 is 0 Å². The zero-order valence-corrected chi connectivity index (χ0v) is 10.2. The minimum Gasteiger partial charge on any atom is -0.496 e. The molecule has 0 aliphatic heterocycles. The molecule has 0 amide bonds. The molecule has 0 heterocycles. The number of rotatable bonds is 5. The molecule has 1 unspecified atom stereocenters. The Morgan fingerprint density at radius 3 is 2.81 bits per heavy atom. The van der Waals surface area contributed by atoms with Crippen molar-refractivity contribution in [2.24, 2.45) is 0 Å². The summed E-state index contributed by atoms with van der Waals surface area (Å²) in [6, 6.07) is 6.56. The van der Waals surface area contributed by atoms with E-state index in [-0.39, 0.29) is 0 Å². The monoisotopic (exact) mass is 217 g/mol. The molecule has 0 fully saturated rings. The quantitative estimate of drug-likeness (QED) is 0.765. The molecular formula is C14H19NO. The van der Waals surface area contributed by atoms with Gasteiger partial charge in [-0.1, -0.05) is 12.1 Å². The van der Waals surface area contributed by atoms with Crippen LogP contribution in [-0.4, -0.2) is 13.2 Å². The van der Waals surface area contributed by atoms with Crippen LogP contribution in [0, 0.1) is 19.3 Å². The average molecular weight is 217 g/mol. The van der Waals surface area contributed by atoms with Crippen LogP contribution in [0.1, 0.15) is 24.5 Å². The van der Waals surface area contributed by atoms with Crippen molar-refractivity contribution in [3.05, 3.63) is 29.3 Å². The summed E-state index contributed by atoms with van der Waals surface area (Å²) < 4.78 is 5.22. The normalized spacial score (nSPS) is 11.9. The molecule has 0 bridgehead atoms. The molecule has 0 aliphatic rings. The number of ether oxygens (including phenoxy) is 1. The maximum atomic E-state index is 5.25. The van der Waals surface area contributed by atoms with Crippen molar-refractivity contribution >= 4 is 0 Å². The van der Waals surface area contributed by atoms with Gasteiger partial charge in [0.25, 0.3) is 0 Å². The maximum Gasteiger partial charge on any atom is 0.121 e. The molecule has 0 spiro atoms. The fourth-order valence-corrected chi connectivity index (χ4v) is 1.59. The van der Waals surface area contributed by atoms with E-state index in [4.69, 9.17) is 11.2 Å². The van der Waals surface area contributed by atoms with Gasteiger partial charge in [0.15, 0.2) is 0 Å². The van der Waals surface area contributed by atoms with Gasteiger partial charge in [-0.05, 0) is 31.0 Å². The molecular weight excluding hydrogens is 198 g/mol. The second-order valence-corrected chi connectivity index (χ2v) is 3.99. The van der Waals surface area contributed by atoms with Crippen LogP contribution in [-0.2, 0) is 6.54 Å². The van der Waals surface area contributed by atoms with Crippen LogP contribution in [0.15, 0.2) is 18.2 Å². The molecule has 1 rings (SSSR count). The van der Waals surface area contributed by atoms with Crippen LogP contribution < -0.4 is 10.1 Å². The summed E-state index contributed by atoms with van der Waals surface area (Å²) in [4.78, 5) is 0. The van der Waals surface area contributed by atoms with E-state index in [2.05, 4.69) is 30.3 Å². The number of hydrogen-bond donors (Lipinski definition) is 1. The van der Waals surface area contributed by atoms with E-state index in [0.29, 0.717) is 6.04 Å². The van der Waals surface area contributed by atoms with Crippen molar-refractivity contribution in [2.45, 2.75) is 32.9 Å². The van der Waals surface area contributed by atoms with Crippen molar-refractivity contribution < 1.29 is 4.74 Å². The minimum atomic E-state index is 0.354. The van der Waals surface area contributed by atoms with Gasteiger partial charge in [-0.3, -0.25) is 0 Å². The summed E-state index contributed by atoms with van der Waals surface area (Å²) in [5.41, 5.74) is 2.41. The van der Waals surface area contributed by atoms with E-state index < -0.39 is 0 Å². The van der Waals surface area contributed by atoms with Crippen LogP contribution in [0.4, 0.5) is 0 Å². The van der Waals surface area contributed by atoms with Crippen molar-refractivity contribution in [3.8, 4) is 18.1 Å². The Hall–Kier alpha value is -1.46. The molecule has 2 nitrogen and oxygen atoms in total. The lowest BCUT2D eigenvalue weighted by atomic mass is 10.1. The highest BCUT2D eigenvalue weighted by molar-refractivity contribution is 5.36. The highest BCUT2D eigenvalue weighted by Crippen LogP contribution is 2.18. The number of terminal acetylenes is 1. The molecule has 0 saturated carbocycles. The minimum absolute atomic E-state index is 0.354. The molecule has 2 heteroatoms. The molecule has 1 aromatic rings. The Morgan fingerprint density at radius 2 is 2.25 bits per heavy atom. The summed E-state index contributed by atoms with van der Waals surface area (Å²) in [6.45, 7) is 4.98. The Morgan fingerprint density at radius 1 is 1.50 bits per heavy atom. The van der Waals surface area contributed by atoms with Crippen molar-refractivity contribution in [1.82, 2.24) is 5.32 Å². The Kier molecular flexibility index (Phi) is 4.88. The predicted molar refractivity (Wildman–Crippen MR) is 67.5 cm³/mol. The Labute approximate surface area is 98.0 Å². The third-order valence-corrected chi connectivity index (χ3v) is 2.54. The smallest absolute Gasteiger partial charge is 0.121 e. The fraction of sp³-hybridized carbons (Fsp3) is 0.429. The lowest BCUT2D eigenvalue weighted by Gasteiger charge is -2.12. The van der Waals surface area contributed by atoms with Gasteiger partial charge in [-0.2, -0.15) is 0 Å². The zero-order valence-electron chi connectivity index (χ0n) is 10.2. The topological polar surface area (TPSA) is 21.3 Å². The number of benzene rings is 1. The highest BCUT2D eigenvalue weighted by atomic mass is 16.5. The standard InChI is InChI=1S/C14H19NO/c1-5-6-12(3)15-10-13-7-8-14(16-4)11(2)9-13/h1,7-9,12,15H,6,10H2,2-4H3. The van der Waals surface area contributed by atoms with E-state index in [1.165, 1.54) is 5.56 Å². The summed E-state index contributed by atoms with van der Waals surface area (Å²) in [5.74, 6) is 3.58. The first-order valence-corrected chi connectivity index (χ1v) is 5.47. The predicted octanol–water partition coefficient (Wildman–Crippen LogP) is 2.51. The molecule has 1 N–H and O–H groups in total. The molecule has 0 radical (unpaired) electrons. The third kappa shape index (κ3) is 3.60. The van der Waals surface area contributed by atoms with E-state index in [9.17, 15) is 0 Å². The number of aryl methyl sites for hydroxylation is 1. The van der Waals surface area contributed by atoms with Crippen molar-refractivity contribution in [1.29, 1.82) is 0 Å². The SMILES string of the molecule is C#CCC(C)NCc1ccc(OC)c(C)c1. The molecule has 0 saturated heterocycles. The van der Waals surface area contributed by atoms with E-state index in [1.807, 2.05) is 13.0 Å². The largest absolute Gasteiger partial charge is 0.496 e. The van der Waals surface area contributed by atoms with Gasteiger partial charge >= 0.3 is 0 Å². The lowest BCUT2D eigenvalue weighted by molar-refractivity contribution is 0.411. The van der Waals surface area contributed by atoms with Gasteiger partial charge in [0.2, 0.25) is 0 Å². The molecule has 86 valence electrons. The van der Waals surface area contributed by atoms with Gasteiger partial charge in [0.05, 0.1) is 7.11 Å². The number of methoxy groups -OCH3 is 1. The van der Waals surface area contributed by atoms with Crippen molar-refractivity contribution in [3.63, 3.8) is 0 Å². The van der Waals surface area contributed by atoms with Crippen LogP contribution in [0.3, 0.4) is 0 Å². The first-order chi connectivity index (χ1) is 7.67. The lowest BCUT2D eigenvalue weighted by Crippen LogP contribution is -2.24. The third-order valence-electron chi connectivity index (χ3n) is 2.54. The van der Waals surface area contributed by atoms with Crippen molar-refractivity contribution in [2.75, 3.05) is 7.11 Å². The zero-order chi connectivity index (χ0) is 12.0. The molecule has 1 atom stereocenters. The van der Waals surface area contributed by atoms with E-state index in [1.54, 1.807) is 7.11 Å². The van der Waals surface area contributed by atoms with Crippen LogP contribution in [0.2, 0.25) is 0 Å². The van der Waals surface area contributed by atoms with Gasteiger partial charge in [-0.25, -0.2) is 0 Å². The summed E-state index contributed by atoms with van der Waals surface area (Å²) >= 11 is 0.